The molecule has 1 fully saturated rings. The molecule has 1 heterocycles. The van der Waals surface area contributed by atoms with Crippen LogP contribution in [-0.4, -0.2) is 64.5 Å². The van der Waals surface area contributed by atoms with E-state index in [1.165, 1.54) is 29.6 Å². The molecule has 1 saturated heterocycles. The second-order valence-electron chi connectivity index (χ2n) is 6.51. The number of ether oxygens (including phenoxy) is 3. The summed E-state index contributed by atoms with van der Waals surface area (Å²) in [5.41, 5.74) is 0.117. The normalized spacial score (nSPS) is 14.8. The van der Waals surface area contributed by atoms with Crippen molar-refractivity contribution in [3.8, 4) is 5.75 Å². The van der Waals surface area contributed by atoms with Crippen LogP contribution in [0.1, 0.15) is 20.7 Å². The van der Waals surface area contributed by atoms with Crippen molar-refractivity contribution in [1.82, 2.24) is 4.31 Å². The van der Waals surface area contributed by atoms with E-state index < -0.39 is 28.4 Å². The van der Waals surface area contributed by atoms with E-state index in [-0.39, 0.29) is 46.8 Å². The molecule has 11 heteroatoms. The second-order valence-corrected chi connectivity index (χ2v) is 9.23. The van der Waals surface area contributed by atoms with Crippen LogP contribution in [-0.2, 0) is 19.5 Å². The molecular formula is C20H19Cl2NO7S. The molecular weight excluding hydrogens is 469 g/mol. The second kappa shape index (κ2) is 9.97. The number of rotatable bonds is 7. The quantitative estimate of drug-likeness (QED) is 0.436. The number of sulfonamides is 1. The van der Waals surface area contributed by atoms with Crippen LogP contribution in [0, 0.1) is 0 Å². The summed E-state index contributed by atoms with van der Waals surface area (Å²) in [7, 11) is -2.47. The molecule has 0 spiro atoms. The predicted molar refractivity (Wildman–Crippen MR) is 114 cm³/mol. The van der Waals surface area contributed by atoms with Gasteiger partial charge in [0, 0.05) is 18.7 Å². The lowest BCUT2D eigenvalue weighted by Crippen LogP contribution is -2.40. The van der Waals surface area contributed by atoms with E-state index in [1.807, 2.05) is 0 Å². The molecule has 0 radical (unpaired) electrons. The summed E-state index contributed by atoms with van der Waals surface area (Å²) in [5, 5.41) is -0.213. The lowest BCUT2D eigenvalue weighted by molar-refractivity contribution is 0.0474. The molecule has 2 aromatic rings. The molecule has 2 aromatic carbocycles. The topological polar surface area (TPSA) is 99.2 Å². The van der Waals surface area contributed by atoms with Crippen LogP contribution in [0.2, 0.25) is 10.0 Å². The van der Waals surface area contributed by atoms with Crippen molar-refractivity contribution >= 4 is 45.0 Å². The Morgan fingerprint density at radius 3 is 2.32 bits per heavy atom. The Kier molecular flexibility index (Phi) is 7.55. The molecule has 1 aliphatic heterocycles. The van der Waals surface area contributed by atoms with Gasteiger partial charge in [-0.2, -0.15) is 4.31 Å². The molecule has 0 N–H and O–H groups in total. The van der Waals surface area contributed by atoms with Crippen molar-refractivity contribution in [3.63, 3.8) is 0 Å². The van der Waals surface area contributed by atoms with Gasteiger partial charge in [-0.1, -0.05) is 23.2 Å². The van der Waals surface area contributed by atoms with Crippen LogP contribution < -0.4 is 4.74 Å². The average molecular weight is 488 g/mol. The summed E-state index contributed by atoms with van der Waals surface area (Å²) in [6, 6.07) is 8.52. The Hall–Kier alpha value is -2.17. The Morgan fingerprint density at radius 2 is 1.71 bits per heavy atom. The minimum Gasteiger partial charge on any atom is -0.497 e. The first-order valence-electron chi connectivity index (χ1n) is 9.15. The summed E-state index contributed by atoms with van der Waals surface area (Å²) in [6.45, 7) is 0.296. The van der Waals surface area contributed by atoms with E-state index >= 15 is 0 Å². The molecule has 0 amide bonds. The van der Waals surface area contributed by atoms with Crippen LogP contribution in [0.3, 0.4) is 0 Å². The van der Waals surface area contributed by atoms with Crippen molar-refractivity contribution in [1.29, 1.82) is 0 Å². The predicted octanol–water partition coefficient (Wildman–Crippen LogP) is 3.06. The van der Waals surface area contributed by atoms with Crippen LogP contribution in [0.25, 0.3) is 0 Å². The van der Waals surface area contributed by atoms with Gasteiger partial charge in [-0.3, -0.25) is 4.79 Å². The first kappa shape index (κ1) is 23.5. The third kappa shape index (κ3) is 5.36. The summed E-state index contributed by atoms with van der Waals surface area (Å²) in [4.78, 5) is 24.5. The standard InChI is InChI=1S/C20H19Cl2NO7S/c1-28-14-4-2-13(3-5-14)18(24)12-30-20(25)15-10-19(17(22)11-16(15)21)31(26,27)23-6-8-29-9-7-23/h2-5,10-11H,6-9,12H2,1H3. The van der Waals surface area contributed by atoms with Gasteiger partial charge in [0.05, 0.1) is 35.9 Å². The molecule has 3 rings (SSSR count). The summed E-state index contributed by atoms with van der Waals surface area (Å²) >= 11 is 12.2. The lowest BCUT2D eigenvalue weighted by Gasteiger charge is -2.26. The molecule has 31 heavy (non-hydrogen) atoms. The number of morpholine rings is 1. The van der Waals surface area contributed by atoms with Gasteiger partial charge >= 0.3 is 5.97 Å². The molecule has 0 saturated carbocycles. The molecule has 8 nitrogen and oxygen atoms in total. The lowest BCUT2D eigenvalue weighted by atomic mass is 10.1. The highest BCUT2D eigenvalue weighted by molar-refractivity contribution is 7.89. The zero-order valence-corrected chi connectivity index (χ0v) is 18.8. The van der Waals surface area contributed by atoms with E-state index in [0.717, 1.165) is 6.07 Å². The fourth-order valence-electron chi connectivity index (χ4n) is 2.88. The summed E-state index contributed by atoms with van der Waals surface area (Å²) in [6.07, 6.45) is 0. The number of hydrogen-bond donors (Lipinski definition) is 0. The van der Waals surface area contributed by atoms with E-state index in [1.54, 1.807) is 12.1 Å². The zero-order valence-electron chi connectivity index (χ0n) is 16.5. The van der Waals surface area contributed by atoms with Crippen LogP contribution in [0.4, 0.5) is 0 Å². The van der Waals surface area contributed by atoms with Crippen molar-refractivity contribution < 1.29 is 32.2 Å². The molecule has 0 unspecified atom stereocenters. The highest BCUT2D eigenvalue weighted by atomic mass is 35.5. The fraction of sp³-hybridized carbons (Fsp3) is 0.300. The number of benzene rings is 2. The van der Waals surface area contributed by atoms with Crippen LogP contribution in [0.5, 0.6) is 5.75 Å². The van der Waals surface area contributed by atoms with Gasteiger partial charge in [0.2, 0.25) is 10.0 Å². The third-order valence-electron chi connectivity index (χ3n) is 4.58. The Bertz CT molecular complexity index is 1080. The minimum atomic E-state index is -3.97. The number of Topliss-reactive ketones (excluding diaryl/α,β-unsaturated/α-hetero) is 1. The van der Waals surface area contributed by atoms with Gasteiger partial charge in [0.25, 0.3) is 0 Å². The smallest absolute Gasteiger partial charge is 0.340 e. The average Bonchev–Trinajstić information content (AvgIpc) is 2.77. The van der Waals surface area contributed by atoms with Gasteiger partial charge in [0.1, 0.15) is 10.6 Å². The number of carbonyl (C=O) groups is 2. The number of nitrogens with zero attached hydrogens (tertiary/aromatic N) is 1. The summed E-state index contributed by atoms with van der Waals surface area (Å²) < 4.78 is 42.3. The van der Waals surface area contributed by atoms with Gasteiger partial charge in [-0.05, 0) is 36.4 Å². The number of esters is 1. The van der Waals surface area contributed by atoms with E-state index in [2.05, 4.69) is 0 Å². The Labute approximate surface area is 189 Å². The van der Waals surface area contributed by atoms with Crippen LogP contribution >= 0.6 is 23.2 Å². The van der Waals surface area contributed by atoms with Gasteiger partial charge in [-0.25, -0.2) is 13.2 Å². The SMILES string of the molecule is COc1ccc(C(=O)COC(=O)c2cc(S(=O)(=O)N3CCOCC3)c(Cl)cc2Cl)cc1. The number of hydrogen-bond acceptors (Lipinski definition) is 7. The Balaban J connectivity index is 1.77. The molecule has 166 valence electrons. The maximum absolute atomic E-state index is 12.9. The van der Waals surface area contributed by atoms with Crippen LogP contribution in [0.15, 0.2) is 41.3 Å². The zero-order chi connectivity index (χ0) is 22.6. The molecule has 0 aromatic heterocycles. The van der Waals surface area contributed by atoms with Gasteiger partial charge in [-0.15, -0.1) is 0 Å². The first-order chi connectivity index (χ1) is 14.7. The highest BCUT2D eigenvalue weighted by Gasteiger charge is 2.30. The largest absolute Gasteiger partial charge is 0.497 e. The van der Waals surface area contributed by atoms with Crippen molar-refractivity contribution in [2.75, 3.05) is 40.0 Å². The molecule has 0 atom stereocenters. The molecule has 0 aliphatic carbocycles. The first-order valence-corrected chi connectivity index (χ1v) is 11.3. The fourth-order valence-corrected chi connectivity index (χ4v) is 5.11. The number of halogens is 2. The summed E-state index contributed by atoms with van der Waals surface area (Å²) in [5.74, 6) is -0.806. The maximum Gasteiger partial charge on any atom is 0.340 e. The maximum atomic E-state index is 12.9. The van der Waals surface area contributed by atoms with Gasteiger partial charge < -0.3 is 14.2 Å². The monoisotopic (exact) mass is 487 g/mol. The minimum absolute atomic E-state index is 0.0900. The van der Waals surface area contributed by atoms with E-state index in [4.69, 9.17) is 37.4 Å². The van der Waals surface area contributed by atoms with Gasteiger partial charge in [0.15, 0.2) is 12.4 Å². The van der Waals surface area contributed by atoms with E-state index in [9.17, 15) is 18.0 Å². The number of methoxy groups -OCH3 is 1. The van der Waals surface area contributed by atoms with Crippen molar-refractivity contribution in [3.05, 3.63) is 57.6 Å². The number of ketones is 1. The van der Waals surface area contributed by atoms with E-state index in [0.29, 0.717) is 11.3 Å². The Morgan fingerprint density at radius 1 is 1.06 bits per heavy atom. The number of carbonyl (C=O) groups excluding carboxylic acids is 2. The highest BCUT2D eigenvalue weighted by Crippen LogP contribution is 2.31. The van der Waals surface area contributed by atoms with Crippen molar-refractivity contribution in [2.24, 2.45) is 0 Å². The molecule has 1 aliphatic rings. The third-order valence-corrected chi connectivity index (χ3v) is 7.25. The van der Waals surface area contributed by atoms with Crippen molar-refractivity contribution in [2.45, 2.75) is 4.90 Å². The molecule has 0 bridgehead atoms.